The maximum absolute atomic E-state index is 12.5. The van der Waals surface area contributed by atoms with E-state index in [2.05, 4.69) is 33.8 Å². The van der Waals surface area contributed by atoms with Gasteiger partial charge in [0.25, 0.3) is 0 Å². The van der Waals surface area contributed by atoms with Crippen molar-refractivity contribution in [3.63, 3.8) is 0 Å². The smallest absolute Gasteiger partial charge is 0.336 e. The summed E-state index contributed by atoms with van der Waals surface area (Å²) in [6, 6.07) is 8.78. The van der Waals surface area contributed by atoms with E-state index >= 15 is 0 Å². The molecular formula is C24H28O4. The summed E-state index contributed by atoms with van der Waals surface area (Å²) in [6.45, 7) is 9.28. The molecule has 1 saturated carbocycles. The molecule has 3 atom stereocenters. The van der Waals surface area contributed by atoms with E-state index in [1.54, 1.807) is 12.1 Å². The van der Waals surface area contributed by atoms with Gasteiger partial charge in [0, 0.05) is 35.3 Å². The maximum atomic E-state index is 12.5. The fraction of sp³-hybridized carbons (Fsp3) is 0.500. The highest BCUT2D eigenvalue weighted by Crippen LogP contribution is 2.58. The molecule has 0 spiro atoms. The highest BCUT2D eigenvalue weighted by atomic mass is 16.5. The van der Waals surface area contributed by atoms with Crippen molar-refractivity contribution in [3.05, 3.63) is 52.4 Å². The van der Waals surface area contributed by atoms with Gasteiger partial charge < -0.3 is 9.15 Å². The van der Waals surface area contributed by atoms with Gasteiger partial charge in [0.15, 0.2) is 0 Å². The van der Waals surface area contributed by atoms with Crippen molar-refractivity contribution in [2.45, 2.75) is 47.0 Å². The summed E-state index contributed by atoms with van der Waals surface area (Å²) in [4.78, 5) is 24.0. The minimum absolute atomic E-state index is 0.0413. The molecule has 4 nitrogen and oxygen atoms in total. The van der Waals surface area contributed by atoms with Gasteiger partial charge in [-0.3, -0.25) is 4.79 Å². The van der Waals surface area contributed by atoms with Crippen molar-refractivity contribution in [2.24, 2.45) is 22.7 Å². The number of benzene rings is 1. The van der Waals surface area contributed by atoms with E-state index in [9.17, 15) is 9.59 Å². The predicted molar refractivity (Wildman–Crippen MR) is 109 cm³/mol. The summed E-state index contributed by atoms with van der Waals surface area (Å²) < 4.78 is 11.5. The van der Waals surface area contributed by atoms with E-state index in [4.69, 9.17) is 9.15 Å². The number of hydrogen-bond acceptors (Lipinski definition) is 4. The van der Waals surface area contributed by atoms with Gasteiger partial charge in [-0.15, -0.1) is 0 Å². The molecule has 0 unspecified atom stereocenters. The number of hydrogen-bond donors (Lipinski definition) is 0. The van der Waals surface area contributed by atoms with E-state index in [0.717, 1.165) is 18.2 Å². The number of carbonyl (C=O) groups excluding carboxylic acids is 1. The Balaban J connectivity index is 1.60. The Hall–Kier alpha value is -2.36. The molecule has 0 N–H and O–H groups in total. The van der Waals surface area contributed by atoms with Gasteiger partial charge in [-0.1, -0.05) is 32.4 Å². The van der Waals surface area contributed by atoms with Crippen molar-refractivity contribution in [1.82, 2.24) is 0 Å². The summed E-state index contributed by atoms with van der Waals surface area (Å²) >= 11 is 0. The number of ketones is 1. The van der Waals surface area contributed by atoms with Crippen molar-refractivity contribution < 1.29 is 13.9 Å². The number of fused-ring (bicyclic) bond motifs is 2. The Morgan fingerprint density at radius 1 is 1.14 bits per heavy atom. The minimum Gasteiger partial charge on any atom is -0.493 e. The summed E-state index contributed by atoms with van der Waals surface area (Å²) in [7, 11) is 0. The summed E-state index contributed by atoms with van der Waals surface area (Å²) in [5.41, 5.74) is 1.26. The largest absolute Gasteiger partial charge is 0.493 e. The first-order valence-corrected chi connectivity index (χ1v) is 10.1. The van der Waals surface area contributed by atoms with Crippen LogP contribution < -0.4 is 10.4 Å². The van der Waals surface area contributed by atoms with Gasteiger partial charge in [-0.2, -0.15) is 0 Å². The maximum Gasteiger partial charge on any atom is 0.336 e. The van der Waals surface area contributed by atoms with Crippen molar-refractivity contribution in [2.75, 3.05) is 6.61 Å². The molecule has 0 radical (unpaired) electrons. The highest BCUT2D eigenvalue weighted by molar-refractivity contribution is 5.85. The molecule has 1 heterocycles. The Morgan fingerprint density at radius 3 is 2.68 bits per heavy atom. The standard InChI is InChI=1S/C24H28O4/c1-15-5-9-20-23(2,3)21(25)11-12-24(20,4)18(15)14-27-17-8-6-16-7-10-22(26)28-19(16)13-17/h5-8,10,13,18,20H,9,11-12,14H2,1-4H3/t18-,20-,24-/m0/s1. The second kappa shape index (κ2) is 6.61. The Labute approximate surface area is 165 Å². The molecular weight excluding hydrogens is 352 g/mol. The number of rotatable bonds is 3. The van der Waals surface area contributed by atoms with Crippen LogP contribution in [0.4, 0.5) is 0 Å². The van der Waals surface area contributed by atoms with E-state index in [1.165, 1.54) is 11.6 Å². The monoisotopic (exact) mass is 380 g/mol. The van der Waals surface area contributed by atoms with Crippen LogP contribution >= 0.6 is 0 Å². The zero-order valence-corrected chi connectivity index (χ0v) is 17.1. The number of carbonyl (C=O) groups is 1. The SMILES string of the molecule is CC1=CC[C@H]2C(C)(C)C(=O)CC[C@@]2(C)[C@H]1COc1ccc2ccc(=O)oc2c1. The Morgan fingerprint density at radius 2 is 1.89 bits per heavy atom. The van der Waals surface area contributed by atoms with Crippen LogP contribution in [-0.4, -0.2) is 12.4 Å². The summed E-state index contributed by atoms with van der Waals surface area (Å²) in [6.07, 6.45) is 4.80. The third kappa shape index (κ3) is 2.99. The van der Waals surface area contributed by atoms with Gasteiger partial charge >= 0.3 is 5.63 Å². The molecule has 2 aliphatic carbocycles. The van der Waals surface area contributed by atoms with Gasteiger partial charge in [-0.25, -0.2) is 4.79 Å². The molecule has 148 valence electrons. The average Bonchev–Trinajstić information content (AvgIpc) is 2.64. The molecule has 4 heteroatoms. The lowest BCUT2D eigenvalue weighted by Crippen LogP contribution is -2.53. The van der Waals surface area contributed by atoms with Gasteiger partial charge in [0.1, 0.15) is 17.1 Å². The Bertz CT molecular complexity index is 1010. The molecule has 2 aromatic rings. The normalized spacial score (nSPS) is 29.3. The first-order chi connectivity index (χ1) is 13.2. The molecule has 28 heavy (non-hydrogen) atoms. The molecule has 0 amide bonds. The first-order valence-electron chi connectivity index (χ1n) is 10.1. The Kier molecular flexibility index (Phi) is 4.48. The lowest BCUT2D eigenvalue weighted by molar-refractivity contribution is -0.143. The molecule has 0 aliphatic heterocycles. The molecule has 1 aromatic heterocycles. The third-order valence-corrected chi connectivity index (χ3v) is 7.31. The molecule has 4 rings (SSSR count). The molecule has 1 fully saturated rings. The van der Waals surface area contributed by atoms with Crippen LogP contribution in [0.25, 0.3) is 11.0 Å². The molecule has 2 aliphatic rings. The predicted octanol–water partition coefficient (Wildman–Crippen LogP) is 5.15. The van der Waals surface area contributed by atoms with E-state index in [1.807, 2.05) is 12.1 Å². The average molecular weight is 380 g/mol. The first kappa shape index (κ1) is 19.0. The number of allylic oxidation sites excluding steroid dienone is 1. The third-order valence-electron chi connectivity index (χ3n) is 7.31. The van der Waals surface area contributed by atoms with Crippen molar-refractivity contribution in [1.29, 1.82) is 0 Å². The van der Waals surface area contributed by atoms with Crippen LogP contribution in [0.3, 0.4) is 0 Å². The van der Waals surface area contributed by atoms with Gasteiger partial charge in [0.2, 0.25) is 0 Å². The van der Waals surface area contributed by atoms with E-state index in [-0.39, 0.29) is 22.4 Å². The number of ether oxygens (including phenoxy) is 1. The van der Waals surface area contributed by atoms with E-state index in [0.29, 0.717) is 36.1 Å². The highest BCUT2D eigenvalue weighted by Gasteiger charge is 2.55. The number of Topliss-reactive ketones (excluding diaryl/α,β-unsaturated/α-hetero) is 1. The zero-order chi connectivity index (χ0) is 20.1. The van der Waals surface area contributed by atoms with Gasteiger partial charge in [0.05, 0.1) is 6.61 Å². The topological polar surface area (TPSA) is 56.5 Å². The fourth-order valence-electron chi connectivity index (χ4n) is 5.48. The second-order valence-corrected chi connectivity index (χ2v) is 9.20. The lowest BCUT2D eigenvalue weighted by Gasteiger charge is -2.55. The van der Waals surface area contributed by atoms with Crippen molar-refractivity contribution >= 4 is 16.8 Å². The van der Waals surface area contributed by atoms with Crippen LogP contribution in [0.15, 0.2) is 51.2 Å². The minimum atomic E-state index is -0.361. The zero-order valence-electron chi connectivity index (χ0n) is 17.1. The van der Waals surface area contributed by atoms with Crippen LogP contribution in [0.2, 0.25) is 0 Å². The van der Waals surface area contributed by atoms with E-state index < -0.39 is 0 Å². The van der Waals surface area contributed by atoms with Crippen LogP contribution in [-0.2, 0) is 4.79 Å². The van der Waals surface area contributed by atoms with Crippen LogP contribution in [0.1, 0.15) is 47.0 Å². The van der Waals surface area contributed by atoms with Crippen LogP contribution in [0.5, 0.6) is 5.75 Å². The quantitative estimate of drug-likeness (QED) is 0.546. The summed E-state index contributed by atoms with van der Waals surface area (Å²) in [5.74, 6) is 1.67. The molecule has 0 saturated heterocycles. The summed E-state index contributed by atoms with van der Waals surface area (Å²) in [5, 5.41) is 0.875. The lowest BCUT2D eigenvalue weighted by atomic mass is 9.48. The molecule has 1 aromatic carbocycles. The van der Waals surface area contributed by atoms with Crippen molar-refractivity contribution in [3.8, 4) is 5.75 Å². The second-order valence-electron chi connectivity index (χ2n) is 9.20. The van der Waals surface area contributed by atoms with Crippen LogP contribution in [0, 0.1) is 22.7 Å². The fourth-order valence-corrected chi connectivity index (χ4v) is 5.48. The molecule has 0 bridgehead atoms. The van der Waals surface area contributed by atoms with Gasteiger partial charge in [-0.05, 0) is 49.3 Å².